The molecule has 1 aliphatic rings. The summed E-state index contributed by atoms with van der Waals surface area (Å²) in [6.07, 6.45) is -7.33. The Balaban J connectivity index is 2.21. The van der Waals surface area contributed by atoms with Gasteiger partial charge in [-0.25, -0.2) is 0 Å². The van der Waals surface area contributed by atoms with E-state index >= 15 is 0 Å². The Morgan fingerprint density at radius 1 is 1.30 bits per heavy atom. The largest absolute Gasteiger partial charge is 0.462 e. The third kappa shape index (κ3) is 3.39. The molecule has 0 radical (unpaired) electrons. The van der Waals surface area contributed by atoms with Gasteiger partial charge in [0.05, 0.1) is 11.5 Å². The number of nitro groups is 1. The Bertz CT molecular complexity index is 629. The summed E-state index contributed by atoms with van der Waals surface area (Å²) < 4.78 is 10.4. The number of benzene rings is 1. The lowest BCUT2D eigenvalue weighted by molar-refractivity contribution is -0.385. The zero-order valence-corrected chi connectivity index (χ0v) is 11.6. The summed E-state index contributed by atoms with van der Waals surface area (Å²) in [4.78, 5) is 10.0. The van der Waals surface area contributed by atoms with Gasteiger partial charge in [-0.1, -0.05) is 0 Å². The number of rotatable bonds is 4. The van der Waals surface area contributed by atoms with Crippen LogP contribution < -0.4 is 4.74 Å². The van der Waals surface area contributed by atoms with E-state index in [1.807, 2.05) is 0 Å². The first-order valence-corrected chi connectivity index (χ1v) is 6.54. The van der Waals surface area contributed by atoms with E-state index < -0.39 is 47.9 Å². The fourth-order valence-corrected chi connectivity index (χ4v) is 2.14. The smallest absolute Gasteiger partial charge is 0.287 e. The second-order valence-electron chi connectivity index (χ2n) is 4.86. The molecule has 1 aromatic rings. The maximum atomic E-state index is 10.8. The van der Waals surface area contributed by atoms with Crippen molar-refractivity contribution in [2.75, 3.05) is 6.61 Å². The highest BCUT2D eigenvalue weighted by Gasteiger charge is 2.44. The molecule has 0 aromatic heterocycles. The van der Waals surface area contributed by atoms with Crippen LogP contribution in [0.5, 0.6) is 5.75 Å². The summed E-state index contributed by atoms with van der Waals surface area (Å²) in [6, 6.07) is 4.98. The van der Waals surface area contributed by atoms with Gasteiger partial charge in [-0.05, 0) is 6.07 Å². The predicted octanol–water partition coefficient (Wildman–Crippen LogP) is -1.35. The SMILES string of the molecule is N#Cc1cc(O[C@@H]2OC(CO)[C@H](O)[C@@H](O)C2O)ccc1[N+](=O)[O-]. The van der Waals surface area contributed by atoms with E-state index in [4.69, 9.17) is 19.8 Å². The molecule has 0 amide bonds. The Morgan fingerprint density at radius 2 is 2.00 bits per heavy atom. The molecule has 23 heavy (non-hydrogen) atoms. The molecule has 2 rings (SSSR count). The third-order valence-corrected chi connectivity index (χ3v) is 3.39. The van der Waals surface area contributed by atoms with Gasteiger partial charge in [0.25, 0.3) is 5.69 Å². The van der Waals surface area contributed by atoms with E-state index in [1.54, 1.807) is 6.07 Å². The molecule has 10 heteroatoms. The molecule has 0 bridgehead atoms. The number of aliphatic hydroxyl groups is 4. The number of aliphatic hydroxyl groups excluding tert-OH is 4. The minimum Gasteiger partial charge on any atom is -0.462 e. The van der Waals surface area contributed by atoms with Crippen LogP contribution in [0.1, 0.15) is 5.56 Å². The monoisotopic (exact) mass is 326 g/mol. The van der Waals surface area contributed by atoms with Crippen LogP contribution >= 0.6 is 0 Å². The molecule has 4 N–H and O–H groups in total. The van der Waals surface area contributed by atoms with Crippen molar-refractivity contribution in [3.63, 3.8) is 0 Å². The summed E-state index contributed by atoms with van der Waals surface area (Å²) in [5.41, 5.74) is -0.661. The molecule has 1 heterocycles. The van der Waals surface area contributed by atoms with E-state index in [0.29, 0.717) is 0 Å². The van der Waals surface area contributed by atoms with Gasteiger partial charge in [0.15, 0.2) is 0 Å². The van der Waals surface area contributed by atoms with E-state index in [-0.39, 0.29) is 11.3 Å². The third-order valence-electron chi connectivity index (χ3n) is 3.39. The second-order valence-corrected chi connectivity index (χ2v) is 4.86. The molecule has 1 aliphatic heterocycles. The first kappa shape index (κ1) is 17.1. The van der Waals surface area contributed by atoms with Crippen LogP contribution in [-0.4, -0.2) is 62.7 Å². The average molecular weight is 326 g/mol. The van der Waals surface area contributed by atoms with Gasteiger partial charge in [-0.2, -0.15) is 5.26 Å². The van der Waals surface area contributed by atoms with Gasteiger partial charge in [0, 0.05) is 12.1 Å². The van der Waals surface area contributed by atoms with Crippen LogP contribution in [0.3, 0.4) is 0 Å². The maximum Gasteiger partial charge on any atom is 0.287 e. The molecule has 10 nitrogen and oxygen atoms in total. The maximum absolute atomic E-state index is 10.8. The molecule has 1 fully saturated rings. The number of nitrogens with zero attached hydrogens (tertiary/aromatic N) is 2. The van der Waals surface area contributed by atoms with Crippen molar-refractivity contribution in [3.05, 3.63) is 33.9 Å². The quantitative estimate of drug-likeness (QED) is 0.386. The van der Waals surface area contributed by atoms with Crippen LogP contribution in [0.4, 0.5) is 5.69 Å². The van der Waals surface area contributed by atoms with Crippen molar-refractivity contribution in [2.45, 2.75) is 30.7 Å². The summed E-state index contributed by atoms with van der Waals surface area (Å²) in [5.74, 6) is -0.0171. The molecule has 0 aliphatic carbocycles. The van der Waals surface area contributed by atoms with E-state index in [2.05, 4.69) is 0 Å². The van der Waals surface area contributed by atoms with Crippen LogP contribution in [-0.2, 0) is 4.74 Å². The lowest BCUT2D eigenvalue weighted by atomic mass is 9.99. The molecular formula is C13H14N2O8. The first-order chi connectivity index (χ1) is 10.9. The Kier molecular flexibility index (Phi) is 5.09. The van der Waals surface area contributed by atoms with Crippen LogP contribution in [0.25, 0.3) is 0 Å². The van der Waals surface area contributed by atoms with E-state index in [9.17, 15) is 25.4 Å². The van der Waals surface area contributed by atoms with Gasteiger partial charge in [-0.15, -0.1) is 0 Å². The van der Waals surface area contributed by atoms with Crippen LogP contribution in [0.2, 0.25) is 0 Å². The average Bonchev–Trinajstić information content (AvgIpc) is 2.54. The van der Waals surface area contributed by atoms with E-state index in [1.165, 1.54) is 6.07 Å². The number of hydrogen-bond donors (Lipinski definition) is 4. The Hall–Kier alpha value is -2.29. The topological polar surface area (TPSA) is 166 Å². The van der Waals surface area contributed by atoms with Gasteiger partial charge < -0.3 is 29.9 Å². The standard InChI is InChI=1S/C13H14N2O8/c14-4-6-3-7(1-2-8(6)15(20)21)22-13-12(19)11(18)10(17)9(5-16)23-13/h1-3,9-13,16-19H,5H2/t9?,10-,11+,12?,13+/m0/s1. The number of nitro benzene ring substituents is 1. The van der Waals surface area contributed by atoms with Gasteiger partial charge in [0.2, 0.25) is 6.29 Å². The number of ether oxygens (including phenoxy) is 2. The molecule has 124 valence electrons. The van der Waals surface area contributed by atoms with Crippen molar-refractivity contribution in [1.29, 1.82) is 5.26 Å². The number of hydrogen-bond acceptors (Lipinski definition) is 9. The van der Waals surface area contributed by atoms with Crippen molar-refractivity contribution < 1.29 is 34.8 Å². The van der Waals surface area contributed by atoms with Crippen molar-refractivity contribution in [1.82, 2.24) is 0 Å². The lowest BCUT2D eigenvalue weighted by Gasteiger charge is -2.39. The molecule has 1 aromatic carbocycles. The highest BCUT2D eigenvalue weighted by atomic mass is 16.7. The highest BCUT2D eigenvalue weighted by molar-refractivity contribution is 5.52. The molecule has 5 atom stereocenters. The van der Waals surface area contributed by atoms with Gasteiger partial charge in [-0.3, -0.25) is 10.1 Å². The fourth-order valence-electron chi connectivity index (χ4n) is 2.14. The zero-order valence-electron chi connectivity index (χ0n) is 11.6. The zero-order chi connectivity index (χ0) is 17.1. The summed E-state index contributed by atoms with van der Waals surface area (Å²) in [5, 5.41) is 57.9. The van der Waals surface area contributed by atoms with Crippen molar-refractivity contribution in [3.8, 4) is 11.8 Å². The highest BCUT2D eigenvalue weighted by Crippen LogP contribution is 2.27. The summed E-state index contributed by atoms with van der Waals surface area (Å²) in [7, 11) is 0. The lowest BCUT2D eigenvalue weighted by Crippen LogP contribution is -2.60. The van der Waals surface area contributed by atoms with Gasteiger partial charge in [0.1, 0.15) is 41.8 Å². The molecule has 1 saturated heterocycles. The normalized spacial score (nSPS) is 30.5. The fraction of sp³-hybridized carbons (Fsp3) is 0.462. The molecule has 2 unspecified atom stereocenters. The molecule has 0 saturated carbocycles. The second kappa shape index (κ2) is 6.86. The Morgan fingerprint density at radius 3 is 2.57 bits per heavy atom. The molecule has 0 spiro atoms. The van der Waals surface area contributed by atoms with E-state index in [0.717, 1.165) is 12.1 Å². The van der Waals surface area contributed by atoms with Crippen LogP contribution in [0.15, 0.2) is 18.2 Å². The Labute approximate surface area is 129 Å². The minimum atomic E-state index is -1.62. The van der Waals surface area contributed by atoms with Gasteiger partial charge >= 0.3 is 0 Å². The summed E-state index contributed by atoms with van der Waals surface area (Å²) in [6.45, 7) is -0.617. The van der Waals surface area contributed by atoms with Crippen molar-refractivity contribution >= 4 is 5.69 Å². The minimum absolute atomic E-state index is 0.0171. The van der Waals surface area contributed by atoms with Crippen LogP contribution in [0, 0.1) is 21.4 Å². The molecular weight excluding hydrogens is 312 g/mol. The summed E-state index contributed by atoms with van der Waals surface area (Å²) >= 11 is 0. The predicted molar refractivity (Wildman–Crippen MR) is 72.2 cm³/mol. The first-order valence-electron chi connectivity index (χ1n) is 6.54. The van der Waals surface area contributed by atoms with Crippen molar-refractivity contribution in [2.24, 2.45) is 0 Å². The number of nitriles is 1.